The Bertz CT molecular complexity index is 379. The highest BCUT2D eigenvalue weighted by molar-refractivity contribution is 9.10. The third kappa shape index (κ3) is 2.95. The Hall–Kier alpha value is -0.380. The monoisotopic (exact) mass is 310 g/mol. The van der Waals surface area contributed by atoms with Crippen LogP contribution in [0.15, 0.2) is 28.7 Å². The highest BCUT2D eigenvalue weighted by atomic mass is 79.9. The molecule has 0 aromatic heterocycles. The van der Waals surface area contributed by atoms with E-state index >= 15 is 0 Å². The topological polar surface area (TPSA) is 29.3 Å². The Morgan fingerprint density at radius 2 is 2.17 bits per heavy atom. The summed E-state index contributed by atoms with van der Waals surface area (Å²) in [6.45, 7) is 5.41. The number of benzene rings is 1. The molecule has 18 heavy (non-hydrogen) atoms. The summed E-state index contributed by atoms with van der Waals surface area (Å²) in [5.74, 6) is 0.587. The predicted octanol–water partition coefficient (Wildman–Crippen LogP) is 3.57. The van der Waals surface area contributed by atoms with E-state index in [9.17, 15) is 0 Å². The lowest BCUT2D eigenvalue weighted by atomic mass is 9.84. The minimum atomic E-state index is 0.485. The molecule has 1 aliphatic rings. The van der Waals surface area contributed by atoms with E-state index in [2.05, 4.69) is 52.0 Å². The zero-order valence-corrected chi connectivity index (χ0v) is 12.7. The zero-order chi connectivity index (χ0) is 13.0. The summed E-state index contributed by atoms with van der Waals surface area (Å²) >= 11 is 3.70. The fourth-order valence-corrected chi connectivity index (χ4v) is 3.62. The molecule has 100 valence electrons. The van der Waals surface area contributed by atoms with Gasteiger partial charge in [0.05, 0.1) is 0 Å². The minimum absolute atomic E-state index is 0.485. The van der Waals surface area contributed by atoms with E-state index in [1.807, 2.05) is 0 Å². The molecule has 0 amide bonds. The molecule has 2 N–H and O–H groups in total. The van der Waals surface area contributed by atoms with Crippen LogP contribution in [0.3, 0.4) is 0 Å². The van der Waals surface area contributed by atoms with Gasteiger partial charge in [0.1, 0.15) is 0 Å². The van der Waals surface area contributed by atoms with Crippen molar-refractivity contribution in [2.75, 3.05) is 19.6 Å². The first kappa shape index (κ1) is 14.0. The molecule has 0 spiro atoms. The average molecular weight is 311 g/mol. The number of hydrogen-bond donors (Lipinski definition) is 1. The van der Waals surface area contributed by atoms with Gasteiger partial charge in [-0.25, -0.2) is 0 Å². The largest absolute Gasteiger partial charge is 0.330 e. The van der Waals surface area contributed by atoms with Crippen LogP contribution in [0.2, 0.25) is 0 Å². The minimum Gasteiger partial charge on any atom is -0.330 e. The average Bonchev–Trinajstić information content (AvgIpc) is 2.40. The molecule has 1 saturated heterocycles. The molecule has 0 radical (unpaired) electrons. The first-order valence-electron chi connectivity index (χ1n) is 6.96. The van der Waals surface area contributed by atoms with Gasteiger partial charge in [-0.05, 0) is 56.4 Å². The van der Waals surface area contributed by atoms with Gasteiger partial charge in [-0.15, -0.1) is 0 Å². The summed E-state index contributed by atoms with van der Waals surface area (Å²) in [7, 11) is 0. The van der Waals surface area contributed by atoms with Crippen LogP contribution in [-0.4, -0.2) is 24.5 Å². The van der Waals surface area contributed by atoms with E-state index in [1.165, 1.54) is 42.4 Å². The van der Waals surface area contributed by atoms with E-state index in [0.717, 1.165) is 6.54 Å². The first-order chi connectivity index (χ1) is 8.77. The van der Waals surface area contributed by atoms with Crippen molar-refractivity contribution in [2.45, 2.75) is 32.2 Å². The third-order valence-electron chi connectivity index (χ3n) is 3.90. The molecular formula is C15H23BrN2. The molecular weight excluding hydrogens is 288 g/mol. The van der Waals surface area contributed by atoms with Gasteiger partial charge in [-0.1, -0.05) is 41.1 Å². The third-order valence-corrected chi connectivity index (χ3v) is 4.62. The Labute approximate surface area is 119 Å². The maximum Gasteiger partial charge on any atom is 0.0399 e. The molecule has 1 fully saturated rings. The highest BCUT2D eigenvalue weighted by Crippen LogP contribution is 2.38. The molecule has 1 aromatic rings. The molecule has 2 atom stereocenters. The van der Waals surface area contributed by atoms with Crippen molar-refractivity contribution < 1.29 is 0 Å². The normalized spacial score (nSPS) is 25.3. The van der Waals surface area contributed by atoms with Crippen molar-refractivity contribution in [1.29, 1.82) is 0 Å². The molecule has 1 aliphatic heterocycles. The molecule has 1 heterocycles. The summed E-state index contributed by atoms with van der Waals surface area (Å²) < 4.78 is 1.22. The number of hydrogen-bond acceptors (Lipinski definition) is 2. The zero-order valence-electron chi connectivity index (χ0n) is 11.1. The second-order valence-corrected chi connectivity index (χ2v) is 5.99. The standard InChI is InChI=1S/C15H23BrN2/c1-2-9-18-10-5-6-12(11-17)15(18)13-7-3-4-8-14(13)16/h3-4,7-8,12,15H,2,5-6,9-11,17H2,1H3. The van der Waals surface area contributed by atoms with E-state index < -0.39 is 0 Å². The van der Waals surface area contributed by atoms with Crippen LogP contribution >= 0.6 is 15.9 Å². The smallest absolute Gasteiger partial charge is 0.0399 e. The number of piperidine rings is 1. The summed E-state index contributed by atoms with van der Waals surface area (Å²) in [5.41, 5.74) is 7.40. The molecule has 1 aromatic carbocycles. The molecule has 2 rings (SSSR count). The Morgan fingerprint density at radius 1 is 1.39 bits per heavy atom. The second-order valence-electron chi connectivity index (χ2n) is 5.14. The molecule has 2 nitrogen and oxygen atoms in total. The summed E-state index contributed by atoms with van der Waals surface area (Å²) in [5, 5.41) is 0. The SMILES string of the molecule is CCCN1CCCC(CN)C1c1ccccc1Br. The molecule has 0 aliphatic carbocycles. The lowest BCUT2D eigenvalue weighted by Gasteiger charge is -2.41. The van der Waals surface area contributed by atoms with Crippen molar-refractivity contribution >= 4 is 15.9 Å². The van der Waals surface area contributed by atoms with Crippen LogP contribution in [0, 0.1) is 5.92 Å². The van der Waals surface area contributed by atoms with Crippen LogP contribution < -0.4 is 5.73 Å². The Morgan fingerprint density at radius 3 is 2.83 bits per heavy atom. The van der Waals surface area contributed by atoms with E-state index in [-0.39, 0.29) is 0 Å². The van der Waals surface area contributed by atoms with Crippen LogP contribution in [0.1, 0.15) is 37.8 Å². The Kier molecular flexibility index (Phi) is 5.22. The van der Waals surface area contributed by atoms with Gasteiger partial charge in [-0.3, -0.25) is 4.90 Å². The van der Waals surface area contributed by atoms with Gasteiger partial charge < -0.3 is 5.73 Å². The molecule has 0 saturated carbocycles. The summed E-state index contributed by atoms with van der Waals surface area (Å²) in [4.78, 5) is 2.61. The Balaban J connectivity index is 2.30. The second kappa shape index (κ2) is 6.69. The lowest BCUT2D eigenvalue weighted by Crippen LogP contribution is -2.42. The maximum absolute atomic E-state index is 6.00. The first-order valence-corrected chi connectivity index (χ1v) is 7.75. The number of nitrogens with zero attached hydrogens (tertiary/aromatic N) is 1. The van der Waals surface area contributed by atoms with Crippen molar-refractivity contribution in [1.82, 2.24) is 4.90 Å². The number of likely N-dealkylation sites (tertiary alicyclic amines) is 1. The van der Waals surface area contributed by atoms with Crippen LogP contribution in [-0.2, 0) is 0 Å². The van der Waals surface area contributed by atoms with E-state index in [4.69, 9.17) is 5.73 Å². The van der Waals surface area contributed by atoms with Gasteiger partial charge in [-0.2, -0.15) is 0 Å². The summed E-state index contributed by atoms with van der Waals surface area (Å²) in [6.07, 6.45) is 3.74. The van der Waals surface area contributed by atoms with Crippen molar-refractivity contribution in [3.63, 3.8) is 0 Å². The quantitative estimate of drug-likeness (QED) is 0.921. The highest BCUT2D eigenvalue weighted by Gasteiger charge is 2.32. The number of halogens is 1. The molecule has 3 heteroatoms. The fourth-order valence-electron chi connectivity index (χ4n) is 3.10. The van der Waals surface area contributed by atoms with Gasteiger partial charge in [0.25, 0.3) is 0 Å². The molecule has 2 unspecified atom stereocenters. The van der Waals surface area contributed by atoms with Crippen molar-refractivity contribution in [3.05, 3.63) is 34.3 Å². The maximum atomic E-state index is 6.00. The van der Waals surface area contributed by atoms with Crippen LogP contribution in [0.25, 0.3) is 0 Å². The van der Waals surface area contributed by atoms with Gasteiger partial charge in [0.15, 0.2) is 0 Å². The van der Waals surface area contributed by atoms with Gasteiger partial charge in [0, 0.05) is 10.5 Å². The molecule has 0 bridgehead atoms. The van der Waals surface area contributed by atoms with E-state index in [0.29, 0.717) is 12.0 Å². The fraction of sp³-hybridized carbons (Fsp3) is 0.600. The van der Waals surface area contributed by atoms with Gasteiger partial charge in [0.2, 0.25) is 0 Å². The van der Waals surface area contributed by atoms with Crippen LogP contribution in [0.5, 0.6) is 0 Å². The number of rotatable bonds is 4. The number of nitrogens with two attached hydrogens (primary N) is 1. The van der Waals surface area contributed by atoms with Gasteiger partial charge >= 0.3 is 0 Å². The van der Waals surface area contributed by atoms with Crippen molar-refractivity contribution in [3.8, 4) is 0 Å². The lowest BCUT2D eigenvalue weighted by molar-refractivity contribution is 0.0955. The predicted molar refractivity (Wildman–Crippen MR) is 80.5 cm³/mol. The summed E-state index contributed by atoms with van der Waals surface area (Å²) in [6, 6.07) is 9.08. The van der Waals surface area contributed by atoms with Crippen molar-refractivity contribution in [2.24, 2.45) is 11.7 Å². The van der Waals surface area contributed by atoms with E-state index in [1.54, 1.807) is 0 Å². The van der Waals surface area contributed by atoms with Crippen LogP contribution in [0.4, 0.5) is 0 Å².